The average Bonchev–Trinajstić information content (AvgIpc) is 3.20. The number of phenols is 1. The molecule has 4 atom stereocenters. The fourth-order valence-electron chi connectivity index (χ4n) is 6.56. The lowest BCUT2D eigenvalue weighted by Gasteiger charge is -2.42. The van der Waals surface area contributed by atoms with Gasteiger partial charge in [-0.15, -0.1) is 0 Å². The first-order valence-electron chi connectivity index (χ1n) is 12.6. The number of ether oxygens (including phenoxy) is 1. The van der Waals surface area contributed by atoms with Gasteiger partial charge in [-0.25, -0.2) is 0 Å². The molecular formula is C30H22Br2ClNO6. The SMILES string of the molecule is COc1cc(C2C3=CCC4C(=O)N(c5ccc(Cl)cc5)C(=O)C4C3CC3=C2C(=O)C=C(C)C3=O)c(Br)c(Br)c1O. The van der Waals surface area contributed by atoms with Crippen LogP contribution in [-0.4, -0.2) is 35.6 Å². The number of methoxy groups -OCH3 is 1. The molecule has 1 N–H and O–H groups in total. The normalized spacial score (nSPS) is 25.9. The summed E-state index contributed by atoms with van der Waals surface area (Å²) in [5, 5.41) is 11.1. The van der Waals surface area contributed by atoms with Gasteiger partial charge in [-0.05, 0) is 99.5 Å². The topological polar surface area (TPSA) is 101 Å². The van der Waals surface area contributed by atoms with Crippen LogP contribution >= 0.6 is 43.5 Å². The number of imide groups is 1. The molecule has 2 aromatic carbocycles. The van der Waals surface area contributed by atoms with Crippen molar-refractivity contribution < 1.29 is 29.0 Å². The molecule has 1 saturated heterocycles. The maximum Gasteiger partial charge on any atom is 0.238 e. The minimum Gasteiger partial charge on any atom is -0.503 e. The number of amides is 2. The van der Waals surface area contributed by atoms with Crippen LogP contribution in [0.25, 0.3) is 0 Å². The third kappa shape index (κ3) is 3.89. The molecule has 0 radical (unpaired) electrons. The summed E-state index contributed by atoms with van der Waals surface area (Å²) in [5.74, 6) is -3.53. The van der Waals surface area contributed by atoms with Crippen molar-refractivity contribution in [2.45, 2.75) is 25.7 Å². The van der Waals surface area contributed by atoms with E-state index >= 15 is 0 Å². The highest BCUT2D eigenvalue weighted by Crippen LogP contribution is 2.57. The van der Waals surface area contributed by atoms with Crippen molar-refractivity contribution in [3.05, 3.63) is 84.3 Å². The molecule has 0 spiro atoms. The van der Waals surface area contributed by atoms with Gasteiger partial charge < -0.3 is 9.84 Å². The van der Waals surface area contributed by atoms with Gasteiger partial charge >= 0.3 is 0 Å². The number of benzene rings is 2. The van der Waals surface area contributed by atoms with E-state index in [9.17, 15) is 24.3 Å². The van der Waals surface area contributed by atoms with Gasteiger partial charge in [-0.3, -0.25) is 24.1 Å². The number of fused-ring (bicyclic) bond motifs is 3. The van der Waals surface area contributed by atoms with Crippen LogP contribution in [0.15, 0.2) is 73.7 Å². The molecule has 1 fully saturated rings. The number of carbonyl (C=O) groups is 4. The molecular weight excluding hydrogens is 666 g/mol. The second-order valence-electron chi connectivity index (χ2n) is 10.4. The number of phenolic OH excluding ortho intramolecular Hbond substituents is 1. The number of allylic oxidation sites excluding steroid dienone is 6. The first kappa shape index (κ1) is 27.2. The molecule has 4 aliphatic rings. The average molecular weight is 688 g/mol. The largest absolute Gasteiger partial charge is 0.503 e. The van der Waals surface area contributed by atoms with Crippen LogP contribution in [0.4, 0.5) is 5.69 Å². The van der Waals surface area contributed by atoms with E-state index in [1.807, 2.05) is 6.08 Å². The van der Waals surface area contributed by atoms with Crippen LogP contribution in [0.5, 0.6) is 11.5 Å². The summed E-state index contributed by atoms with van der Waals surface area (Å²) in [6, 6.07) is 8.18. The summed E-state index contributed by atoms with van der Waals surface area (Å²) in [7, 11) is 1.42. The number of aromatic hydroxyl groups is 1. The van der Waals surface area contributed by atoms with E-state index in [0.29, 0.717) is 48.4 Å². The third-order valence-electron chi connectivity index (χ3n) is 8.35. The molecule has 1 heterocycles. The summed E-state index contributed by atoms with van der Waals surface area (Å²) in [5.41, 5.74) is 2.89. The monoisotopic (exact) mass is 685 g/mol. The summed E-state index contributed by atoms with van der Waals surface area (Å²) < 4.78 is 6.24. The van der Waals surface area contributed by atoms with E-state index in [1.54, 1.807) is 37.3 Å². The molecule has 40 heavy (non-hydrogen) atoms. The van der Waals surface area contributed by atoms with Crippen molar-refractivity contribution in [1.82, 2.24) is 0 Å². The molecule has 3 aliphatic carbocycles. The van der Waals surface area contributed by atoms with Crippen LogP contribution in [0.1, 0.15) is 31.2 Å². The van der Waals surface area contributed by atoms with Gasteiger partial charge in [0.15, 0.2) is 23.1 Å². The van der Waals surface area contributed by atoms with Crippen LogP contribution < -0.4 is 9.64 Å². The first-order chi connectivity index (χ1) is 19.0. The minimum atomic E-state index is -0.699. The second kappa shape index (κ2) is 9.82. The van der Waals surface area contributed by atoms with Gasteiger partial charge in [0.05, 0.1) is 29.1 Å². The van der Waals surface area contributed by atoms with Crippen LogP contribution in [-0.2, 0) is 19.2 Å². The number of Topliss-reactive ketones (excluding diaryl/α,β-unsaturated/α-hetero) is 1. The Kier molecular flexibility index (Phi) is 6.67. The Hall–Kier alpha value is -3.01. The molecule has 2 aromatic rings. The molecule has 10 heteroatoms. The van der Waals surface area contributed by atoms with Crippen molar-refractivity contribution in [2.75, 3.05) is 12.0 Å². The van der Waals surface area contributed by atoms with E-state index < -0.39 is 23.7 Å². The maximum atomic E-state index is 14.0. The van der Waals surface area contributed by atoms with Crippen molar-refractivity contribution >= 4 is 72.5 Å². The van der Waals surface area contributed by atoms with E-state index in [-0.39, 0.29) is 41.3 Å². The van der Waals surface area contributed by atoms with Gasteiger partial charge in [0.2, 0.25) is 11.8 Å². The lowest BCUT2D eigenvalue weighted by atomic mass is 9.59. The minimum absolute atomic E-state index is 0.116. The highest BCUT2D eigenvalue weighted by molar-refractivity contribution is 9.13. The van der Waals surface area contributed by atoms with Gasteiger partial charge in [0.1, 0.15) is 0 Å². The van der Waals surface area contributed by atoms with Crippen LogP contribution in [0.2, 0.25) is 5.02 Å². The van der Waals surface area contributed by atoms with Crippen LogP contribution in [0.3, 0.4) is 0 Å². The van der Waals surface area contributed by atoms with E-state index in [2.05, 4.69) is 31.9 Å². The second-order valence-corrected chi connectivity index (χ2v) is 12.4. The predicted octanol–water partition coefficient (Wildman–Crippen LogP) is 6.21. The lowest BCUT2D eigenvalue weighted by Crippen LogP contribution is -2.40. The predicted molar refractivity (Wildman–Crippen MR) is 155 cm³/mol. The number of hydrogen-bond donors (Lipinski definition) is 1. The van der Waals surface area contributed by atoms with Crippen LogP contribution in [0, 0.1) is 17.8 Å². The smallest absolute Gasteiger partial charge is 0.238 e. The Balaban J connectivity index is 1.53. The number of anilines is 1. The van der Waals surface area contributed by atoms with Gasteiger partial charge in [0, 0.05) is 32.1 Å². The zero-order valence-corrected chi connectivity index (χ0v) is 25.3. The Bertz CT molecular complexity index is 1640. The first-order valence-corrected chi connectivity index (χ1v) is 14.6. The Labute approximate surface area is 251 Å². The fraction of sp³-hybridized carbons (Fsp3) is 0.267. The molecule has 0 aromatic heterocycles. The number of halogens is 3. The fourth-order valence-corrected chi connectivity index (χ4v) is 7.64. The summed E-state index contributed by atoms with van der Waals surface area (Å²) in [6.07, 6.45) is 3.79. The molecule has 4 unspecified atom stereocenters. The molecule has 6 rings (SSSR count). The van der Waals surface area contributed by atoms with Crippen molar-refractivity contribution in [1.29, 1.82) is 0 Å². The number of nitrogens with zero attached hydrogens (tertiary/aromatic N) is 1. The van der Waals surface area contributed by atoms with Crippen molar-refractivity contribution in [2.24, 2.45) is 17.8 Å². The van der Waals surface area contributed by atoms with E-state index in [1.165, 1.54) is 18.1 Å². The van der Waals surface area contributed by atoms with Gasteiger partial charge in [-0.2, -0.15) is 0 Å². The standard InChI is InChI=1S/C30H22Br2ClNO6/c1-12-9-20(35)24-19(27(12)36)10-17-15(22(24)18-11-21(40-2)28(37)26(32)25(18)31)7-8-16-23(17)30(39)34(29(16)38)14-5-3-13(33)4-6-14/h3-7,9,11,16-17,22-23,37H,8,10H2,1-2H3. The molecule has 2 amide bonds. The van der Waals surface area contributed by atoms with E-state index in [4.69, 9.17) is 16.3 Å². The van der Waals surface area contributed by atoms with Gasteiger partial charge in [-0.1, -0.05) is 23.3 Å². The zero-order chi connectivity index (χ0) is 28.6. The highest BCUT2D eigenvalue weighted by atomic mass is 79.9. The third-order valence-corrected chi connectivity index (χ3v) is 10.8. The van der Waals surface area contributed by atoms with Crippen molar-refractivity contribution in [3.63, 3.8) is 0 Å². The molecule has 0 saturated carbocycles. The zero-order valence-electron chi connectivity index (χ0n) is 21.3. The summed E-state index contributed by atoms with van der Waals surface area (Å²) in [4.78, 5) is 55.8. The number of rotatable bonds is 3. The number of hydrogen-bond acceptors (Lipinski definition) is 6. The molecule has 204 valence electrons. The Morgan fingerprint density at radius 2 is 1.73 bits per heavy atom. The number of carbonyl (C=O) groups excluding carboxylic acids is 4. The number of ketones is 2. The maximum absolute atomic E-state index is 14.0. The molecule has 7 nitrogen and oxygen atoms in total. The Morgan fingerprint density at radius 3 is 2.40 bits per heavy atom. The Morgan fingerprint density at radius 1 is 1.02 bits per heavy atom. The summed E-state index contributed by atoms with van der Waals surface area (Å²) in [6.45, 7) is 1.61. The lowest BCUT2D eigenvalue weighted by molar-refractivity contribution is -0.123. The molecule has 0 bridgehead atoms. The molecule has 1 aliphatic heterocycles. The summed E-state index contributed by atoms with van der Waals surface area (Å²) >= 11 is 13.0. The van der Waals surface area contributed by atoms with Crippen molar-refractivity contribution in [3.8, 4) is 11.5 Å². The highest BCUT2D eigenvalue weighted by Gasteiger charge is 2.56. The van der Waals surface area contributed by atoms with Gasteiger partial charge in [0.25, 0.3) is 0 Å². The quantitative estimate of drug-likeness (QED) is 0.234. The van der Waals surface area contributed by atoms with E-state index in [0.717, 1.165) is 5.57 Å².